The van der Waals surface area contributed by atoms with E-state index < -0.39 is 0 Å². The van der Waals surface area contributed by atoms with Crippen molar-refractivity contribution in [1.29, 1.82) is 0 Å². The fraction of sp³-hybridized carbons (Fsp3) is 0.500. The molecule has 2 aromatic rings. The van der Waals surface area contributed by atoms with Gasteiger partial charge in [-0.3, -0.25) is 19.7 Å². The first-order valence-corrected chi connectivity index (χ1v) is 8.39. The van der Waals surface area contributed by atoms with E-state index >= 15 is 0 Å². The van der Waals surface area contributed by atoms with Gasteiger partial charge in [0.15, 0.2) is 0 Å². The van der Waals surface area contributed by atoms with Gasteiger partial charge >= 0.3 is 0 Å². The summed E-state index contributed by atoms with van der Waals surface area (Å²) in [7, 11) is 1.83. The molecule has 0 unspecified atom stereocenters. The maximum Gasteiger partial charge on any atom is 0.243 e. The fourth-order valence-corrected chi connectivity index (χ4v) is 3.62. The van der Waals surface area contributed by atoms with E-state index in [-0.39, 0.29) is 18.0 Å². The first kappa shape index (κ1) is 16.9. The van der Waals surface area contributed by atoms with Crippen molar-refractivity contribution in [1.82, 2.24) is 24.6 Å². The lowest BCUT2D eigenvalue weighted by molar-refractivity contribution is -0.121. The fourth-order valence-electron chi connectivity index (χ4n) is 3.32. The molecule has 1 aliphatic heterocycles. The molecule has 1 aliphatic rings. The van der Waals surface area contributed by atoms with E-state index in [9.17, 15) is 4.79 Å². The molecule has 7 nitrogen and oxygen atoms in total. The summed E-state index contributed by atoms with van der Waals surface area (Å²) in [6, 6.07) is 1.50. The van der Waals surface area contributed by atoms with Crippen molar-refractivity contribution in [3.05, 3.63) is 34.9 Å². The van der Waals surface area contributed by atoms with Gasteiger partial charge in [0.05, 0.1) is 11.7 Å². The molecule has 2 atom stereocenters. The molecule has 3 heterocycles. The summed E-state index contributed by atoms with van der Waals surface area (Å²) in [4.78, 5) is 22.8. The third kappa shape index (κ3) is 3.14. The summed E-state index contributed by atoms with van der Waals surface area (Å²) >= 11 is 6.43. The summed E-state index contributed by atoms with van der Waals surface area (Å²) in [6.07, 6.45) is 5.19. The van der Waals surface area contributed by atoms with E-state index in [2.05, 4.69) is 25.3 Å². The van der Waals surface area contributed by atoms with Crippen LogP contribution in [0.5, 0.6) is 0 Å². The number of carbonyl (C=O) groups excluding carboxylic acids is 1. The lowest BCUT2D eigenvalue weighted by atomic mass is 10.0. The van der Waals surface area contributed by atoms with Crippen LogP contribution >= 0.6 is 11.6 Å². The third-order valence-corrected chi connectivity index (χ3v) is 4.95. The number of nitrogens with one attached hydrogen (secondary N) is 1. The van der Waals surface area contributed by atoms with Crippen molar-refractivity contribution in [2.75, 3.05) is 11.9 Å². The van der Waals surface area contributed by atoms with Crippen molar-refractivity contribution < 1.29 is 4.79 Å². The minimum atomic E-state index is -0.308. The van der Waals surface area contributed by atoms with E-state index in [4.69, 9.17) is 11.6 Å². The molecule has 0 radical (unpaired) electrons. The van der Waals surface area contributed by atoms with Gasteiger partial charge < -0.3 is 0 Å². The number of aromatic nitrogens is 4. The largest absolute Gasteiger partial charge is 0.293 e. The summed E-state index contributed by atoms with van der Waals surface area (Å²) in [5.41, 5.74) is 1.94. The molecule has 1 N–H and O–H groups in total. The van der Waals surface area contributed by atoms with Crippen LogP contribution in [0, 0.1) is 6.92 Å². The lowest BCUT2D eigenvalue weighted by Gasteiger charge is -2.29. The first-order chi connectivity index (χ1) is 11.5. The standard InChI is InChI=1S/C16H21ClN6O/c1-10-13(14(17)22(3)21-10)12-6-4-9-23(12)11(2)15(24)20-16-18-7-5-8-19-16/h5,7-8,11-12H,4,6,9H2,1-3H3,(H,18,19,20,24)/t11-,12-/m0/s1. The molecule has 0 bridgehead atoms. The Bertz CT molecular complexity index is 732. The van der Waals surface area contributed by atoms with Crippen LogP contribution < -0.4 is 5.32 Å². The van der Waals surface area contributed by atoms with E-state index in [0.29, 0.717) is 11.1 Å². The second-order valence-corrected chi connectivity index (χ2v) is 6.40. The van der Waals surface area contributed by atoms with Gasteiger partial charge in [0, 0.05) is 31.0 Å². The lowest BCUT2D eigenvalue weighted by Crippen LogP contribution is -2.42. The Morgan fingerprint density at radius 1 is 1.42 bits per heavy atom. The van der Waals surface area contributed by atoms with Gasteiger partial charge in [0.2, 0.25) is 11.9 Å². The second-order valence-electron chi connectivity index (χ2n) is 6.05. The number of likely N-dealkylation sites (tertiary alicyclic amines) is 1. The average Bonchev–Trinajstić information content (AvgIpc) is 3.12. The van der Waals surface area contributed by atoms with Gasteiger partial charge in [0.25, 0.3) is 0 Å². The van der Waals surface area contributed by atoms with Gasteiger partial charge in [-0.2, -0.15) is 5.10 Å². The van der Waals surface area contributed by atoms with Crippen LogP contribution in [0.1, 0.15) is 37.1 Å². The van der Waals surface area contributed by atoms with Gasteiger partial charge in [-0.1, -0.05) is 11.6 Å². The Labute approximate surface area is 146 Å². The zero-order valence-electron chi connectivity index (χ0n) is 14.0. The molecule has 1 fully saturated rings. The molecule has 1 saturated heterocycles. The Morgan fingerprint density at radius 3 is 2.75 bits per heavy atom. The number of nitrogens with zero attached hydrogens (tertiary/aromatic N) is 5. The normalized spacial score (nSPS) is 19.4. The number of rotatable bonds is 4. The maximum absolute atomic E-state index is 12.6. The topological polar surface area (TPSA) is 75.9 Å². The molecule has 8 heteroatoms. The molecule has 3 rings (SSSR count). The molecule has 128 valence electrons. The minimum Gasteiger partial charge on any atom is -0.293 e. The molecular formula is C16H21ClN6O. The number of carbonyl (C=O) groups is 1. The molecule has 0 spiro atoms. The highest BCUT2D eigenvalue weighted by molar-refractivity contribution is 6.30. The Balaban J connectivity index is 1.78. The van der Waals surface area contributed by atoms with Crippen molar-refractivity contribution in [2.45, 2.75) is 38.8 Å². The molecule has 2 aromatic heterocycles. The second kappa shape index (κ2) is 6.86. The highest BCUT2D eigenvalue weighted by Crippen LogP contribution is 2.38. The number of hydrogen-bond acceptors (Lipinski definition) is 5. The van der Waals surface area contributed by atoms with Gasteiger partial charge in [-0.05, 0) is 39.3 Å². The molecule has 0 saturated carbocycles. The summed E-state index contributed by atoms with van der Waals surface area (Å²) in [5, 5.41) is 7.81. The van der Waals surface area contributed by atoms with Crippen molar-refractivity contribution in [2.24, 2.45) is 7.05 Å². The zero-order chi connectivity index (χ0) is 17.3. The molecule has 0 aliphatic carbocycles. The smallest absolute Gasteiger partial charge is 0.243 e. The van der Waals surface area contributed by atoms with E-state index in [1.807, 2.05) is 20.9 Å². The number of hydrogen-bond donors (Lipinski definition) is 1. The monoisotopic (exact) mass is 348 g/mol. The van der Waals surface area contributed by atoms with Crippen molar-refractivity contribution in [3.63, 3.8) is 0 Å². The molecular weight excluding hydrogens is 328 g/mol. The number of amides is 1. The van der Waals surface area contributed by atoms with E-state index in [1.54, 1.807) is 23.1 Å². The predicted molar refractivity (Wildman–Crippen MR) is 91.8 cm³/mol. The summed E-state index contributed by atoms with van der Waals surface area (Å²) < 4.78 is 1.69. The average molecular weight is 349 g/mol. The Hall–Kier alpha value is -1.99. The van der Waals surface area contributed by atoms with E-state index in [0.717, 1.165) is 30.6 Å². The van der Waals surface area contributed by atoms with Crippen LogP contribution in [0.15, 0.2) is 18.5 Å². The minimum absolute atomic E-state index is 0.101. The molecule has 1 amide bonds. The molecule has 24 heavy (non-hydrogen) atoms. The van der Waals surface area contributed by atoms with Crippen molar-refractivity contribution in [3.8, 4) is 0 Å². The highest BCUT2D eigenvalue weighted by Gasteiger charge is 2.36. The summed E-state index contributed by atoms with van der Waals surface area (Å²) in [5.74, 6) is 0.200. The van der Waals surface area contributed by atoms with Crippen molar-refractivity contribution >= 4 is 23.5 Å². The quantitative estimate of drug-likeness (QED) is 0.917. The third-order valence-electron chi connectivity index (χ3n) is 4.50. The highest BCUT2D eigenvalue weighted by atomic mass is 35.5. The zero-order valence-corrected chi connectivity index (χ0v) is 14.8. The number of halogens is 1. The number of aryl methyl sites for hydroxylation is 2. The van der Waals surface area contributed by atoms with E-state index in [1.165, 1.54) is 0 Å². The van der Waals surface area contributed by atoms with Gasteiger partial charge in [0.1, 0.15) is 5.15 Å². The van der Waals surface area contributed by atoms with Crippen LogP contribution in [0.4, 0.5) is 5.95 Å². The van der Waals surface area contributed by atoms with Gasteiger partial charge in [-0.15, -0.1) is 0 Å². The number of anilines is 1. The predicted octanol–water partition coefficient (Wildman–Crippen LogP) is 2.34. The Kier molecular flexibility index (Phi) is 4.82. The van der Waals surface area contributed by atoms with Gasteiger partial charge in [-0.25, -0.2) is 9.97 Å². The van der Waals surface area contributed by atoms with Crippen LogP contribution in [-0.2, 0) is 11.8 Å². The van der Waals surface area contributed by atoms with Crippen LogP contribution in [-0.4, -0.2) is 43.1 Å². The van der Waals surface area contributed by atoms with Crippen LogP contribution in [0.2, 0.25) is 5.15 Å². The summed E-state index contributed by atoms with van der Waals surface area (Å²) in [6.45, 7) is 4.70. The molecule has 0 aromatic carbocycles. The maximum atomic E-state index is 12.6. The first-order valence-electron chi connectivity index (χ1n) is 8.01. The Morgan fingerprint density at radius 2 is 2.12 bits per heavy atom. The van der Waals surface area contributed by atoms with Crippen LogP contribution in [0.25, 0.3) is 0 Å². The van der Waals surface area contributed by atoms with Crippen LogP contribution in [0.3, 0.4) is 0 Å². The SMILES string of the molecule is Cc1nn(C)c(Cl)c1[C@@H]1CCCN1[C@@H](C)C(=O)Nc1ncccn1.